The van der Waals surface area contributed by atoms with Gasteiger partial charge in [-0.3, -0.25) is 4.79 Å². The zero-order valence-electron chi connectivity index (χ0n) is 21.9. The van der Waals surface area contributed by atoms with E-state index in [2.05, 4.69) is 0 Å². The molecule has 3 aromatic rings. The van der Waals surface area contributed by atoms with Crippen molar-refractivity contribution in [2.24, 2.45) is 0 Å². The second kappa shape index (κ2) is 11.6. The van der Waals surface area contributed by atoms with Gasteiger partial charge >= 0.3 is 0 Å². The first-order chi connectivity index (χ1) is 19.8. The van der Waals surface area contributed by atoms with Crippen LogP contribution < -0.4 is 10.2 Å². The van der Waals surface area contributed by atoms with E-state index in [1.807, 2.05) is 0 Å². The molecule has 5 rings (SSSR count). The number of fused-ring (bicyclic) bond motifs is 1. The topological polar surface area (TPSA) is 249 Å². The molecule has 15 nitrogen and oxygen atoms in total. The molecular formula is C27H30O15. The molecule has 0 saturated carbocycles. The molecule has 42 heavy (non-hydrogen) atoms. The molecule has 2 aromatic carbocycles. The van der Waals surface area contributed by atoms with Gasteiger partial charge in [-0.1, -0.05) is 0 Å². The van der Waals surface area contributed by atoms with Crippen LogP contribution in [0.2, 0.25) is 0 Å². The standard InChI is InChI=1S/C27H30O15/c1-9-20(32)22(34)24(36)26(39-9)38-8-18-21(33)23(35)25(37)27(42-18)41-17-6-11(28)5-16-19(17)14(31)7-15(40-16)10-2-3-12(29)13(30)4-10/h2-7,9,18,20-30,32-37H,8H2,1H3/t9-,18+,20-,21+,22+,23-,24-,25-,26+,27+/m0/s1. The van der Waals surface area contributed by atoms with Crippen LogP contribution in [-0.4, -0.2) is 114 Å². The van der Waals surface area contributed by atoms with Gasteiger partial charge < -0.3 is 69.3 Å². The van der Waals surface area contributed by atoms with Gasteiger partial charge in [0.1, 0.15) is 71.0 Å². The molecule has 0 spiro atoms. The minimum absolute atomic E-state index is 0.0110. The lowest BCUT2D eigenvalue weighted by molar-refractivity contribution is -0.318. The van der Waals surface area contributed by atoms with Crippen molar-refractivity contribution < 1.29 is 69.3 Å². The predicted octanol–water partition coefficient (Wildman–Crippen LogP) is -1.39. The summed E-state index contributed by atoms with van der Waals surface area (Å²) in [5, 5.41) is 91.0. The van der Waals surface area contributed by atoms with E-state index in [9.17, 15) is 50.8 Å². The number of phenols is 3. The highest BCUT2D eigenvalue weighted by molar-refractivity contribution is 5.86. The van der Waals surface area contributed by atoms with Gasteiger partial charge in [0.25, 0.3) is 0 Å². The van der Waals surface area contributed by atoms with Gasteiger partial charge in [-0.15, -0.1) is 0 Å². The molecule has 2 saturated heterocycles. The average Bonchev–Trinajstić information content (AvgIpc) is 2.94. The first-order valence-electron chi connectivity index (χ1n) is 12.9. The first kappa shape index (κ1) is 30.0. The molecule has 2 aliphatic rings. The molecular weight excluding hydrogens is 564 g/mol. The Bertz CT molecular complexity index is 1490. The second-order valence-corrected chi connectivity index (χ2v) is 10.1. The summed E-state index contributed by atoms with van der Waals surface area (Å²) in [5.41, 5.74) is -0.563. The molecule has 15 heteroatoms. The van der Waals surface area contributed by atoms with Gasteiger partial charge in [0, 0.05) is 23.8 Å². The van der Waals surface area contributed by atoms with E-state index in [0.717, 1.165) is 18.2 Å². The molecule has 9 N–H and O–H groups in total. The summed E-state index contributed by atoms with van der Waals surface area (Å²) in [6, 6.07) is 7.00. The number of aromatic hydroxyl groups is 3. The summed E-state index contributed by atoms with van der Waals surface area (Å²) in [4.78, 5) is 13.1. The number of hydrogen-bond donors (Lipinski definition) is 9. The van der Waals surface area contributed by atoms with E-state index in [0.29, 0.717) is 0 Å². The Morgan fingerprint density at radius 1 is 0.762 bits per heavy atom. The van der Waals surface area contributed by atoms with E-state index in [-0.39, 0.29) is 33.8 Å². The molecule has 3 heterocycles. The lowest BCUT2D eigenvalue weighted by Gasteiger charge is -2.42. The fourth-order valence-electron chi connectivity index (χ4n) is 4.77. The van der Waals surface area contributed by atoms with Gasteiger partial charge in [0.2, 0.25) is 6.29 Å². The van der Waals surface area contributed by atoms with E-state index in [4.69, 9.17) is 23.4 Å². The minimum Gasteiger partial charge on any atom is -0.508 e. The monoisotopic (exact) mass is 594 g/mol. The summed E-state index contributed by atoms with van der Waals surface area (Å²) in [7, 11) is 0. The molecule has 0 aliphatic carbocycles. The van der Waals surface area contributed by atoms with E-state index in [1.54, 1.807) is 0 Å². The molecule has 1 aromatic heterocycles. The number of benzene rings is 2. The maximum Gasteiger partial charge on any atom is 0.229 e. The Kier molecular flexibility index (Phi) is 8.30. The molecule has 0 bridgehead atoms. The summed E-state index contributed by atoms with van der Waals surface area (Å²) in [6.45, 7) is 0.910. The second-order valence-electron chi connectivity index (χ2n) is 10.1. The summed E-state index contributed by atoms with van der Waals surface area (Å²) < 4.78 is 27.8. The number of hydrogen-bond acceptors (Lipinski definition) is 15. The van der Waals surface area contributed by atoms with Gasteiger partial charge in [0.15, 0.2) is 23.2 Å². The molecule has 2 aliphatic heterocycles. The van der Waals surface area contributed by atoms with E-state index < -0.39 is 84.9 Å². The van der Waals surface area contributed by atoms with Crippen molar-refractivity contribution in [3.8, 4) is 34.3 Å². The molecule has 0 amide bonds. The van der Waals surface area contributed by atoms with Crippen LogP contribution in [-0.2, 0) is 14.2 Å². The van der Waals surface area contributed by atoms with E-state index in [1.165, 1.54) is 25.1 Å². The maximum atomic E-state index is 13.1. The lowest BCUT2D eigenvalue weighted by Crippen LogP contribution is -2.61. The summed E-state index contributed by atoms with van der Waals surface area (Å²) >= 11 is 0. The molecule has 0 unspecified atom stereocenters. The van der Waals surface area contributed by atoms with Gasteiger partial charge in [-0.25, -0.2) is 0 Å². The first-order valence-corrected chi connectivity index (χ1v) is 12.9. The van der Waals surface area contributed by atoms with Crippen LogP contribution in [0.15, 0.2) is 45.6 Å². The maximum absolute atomic E-state index is 13.1. The lowest BCUT2D eigenvalue weighted by atomic mass is 9.98. The number of aliphatic hydroxyl groups excluding tert-OH is 6. The van der Waals surface area contributed by atoms with Crippen molar-refractivity contribution in [2.45, 2.75) is 68.3 Å². The Morgan fingerprint density at radius 3 is 2.17 bits per heavy atom. The zero-order valence-corrected chi connectivity index (χ0v) is 21.9. The van der Waals surface area contributed by atoms with Crippen molar-refractivity contribution in [1.29, 1.82) is 0 Å². The highest BCUT2D eigenvalue weighted by Gasteiger charge is 2.47. The van der Waals surface area contributed by atoms with Crippen LogP contribution in [0.1, 0.15) is 6.92 Å². The molecule has 0 radical (unpaired) electrons. The van der Waals surface area contributed by atoms with Gasteiger partial charge in [-0.05, 0) is 25.1 Å². The minimum atomic E-state index is -1.84. The van der Waals surface area contributed by atoms with Crippen LogP contribution >= 0.6 is 0 Å². The SMILES string of the molecule is C[C@@H]1O[C@@H](OC[C@H]2O[C@@H](Oc3cc(O)cc4oc(-c5ccc(O)c(O)c5)cc(=O)c34)[C@@H](O)[C@@H](O)[C@@H]2O)[C@@H](O)[C@H](O)[C@H]1O. The third-order valence-electron chi connectivity index (χ3n) is 7.18. The van der Waals surface area contributed by atoms with Crippen molar-refractivity contribution in [1.82, 2.24) is 0 Å². The Labute approximate surface area is 236 Å². The number of rotatable bonds is 6. The third-order valence-corrected chi connectivity index (χ3v) is 7.18. The fraction of sp³-hybridized carbons (Fsp3) is 0.444. The highest BCUT2D eigenvalue weighted by Crippen LogP contribution is 2.36. The van der Waals surface area contributed by atoms with Gasteiger partial charge in [-0.2, -0.15) is 0 Å². The number of phenolic OH excluding ortho intramolecular Hbond substituents is 3. The highest BCUT2D eigenvalue weighted by atomic mass is 16.7. The Morgan fingerprint density at radius 2 is 1.45 bits per heavy atom. The smallest absolute Gasteiger partial charge is 0.229 e. The largest absolute Gasteiger partial charge is 0.508 e. The molecule has 228 valence electrons. The quantitative estimate of drug-likeness (QED) is 0.149. The van der Waals surface area contributed by atoms with Crippen LogP contribution in [0.4, 0.5) is 0 Å². The Balaban J connectivity index is 1.39. The third kappa shape index (κ3) is 5.61. The van der Waals surface area contributed by atoms with Crippen molar-refractivity contribution in [3.63, 3.8) is 0 Å². The normalized spacial score (nSPS) is 33.5. The van der Waals surface area contributed by atoms with Gasteiger partial charge in [0.05, 0.1) is 12.7 Å². The average molecular weight is 595 g/mol. The molecule has 10 atom stereocenters. The van der Waals surface area contributed by atoms with E-state index >= 15 is 0 Å². The summed E-state index contributed by atoms with van der Waals surface area (Å²) in [6.07, 6.45) is -15.4. The van der Waals surface area contributed by atoms with Crippen LogP contribution in [0.3, 0.4) is 0 Å². The predicted molar refractivity (Wildman–Crippen MR) is 139 cm³/mol. The number of ether oxygens (including phenoxy) is 4. The molecule has 2 fully saturated rings. The zero-order chi connectivity index (χ0) is 30.5. The Hall–Kier alpha value is -3.51. The number of aliphatic hydroxyl groups is 6. The van der Waals surface area contributed by atoms with Crippen molar-refractivity contribution in [3.05, 3.63) is 46.6 Å². The van der Waals surface area contributed by atoms with Crippen LogP contribution in [0, 0.1) is 0 Å². The van der Waals surface area contributed by atoms with Crippen molar-refractivity contribution >= 4 is 11.0 Å². The fourth-order valence-corrected chi connectivity index (χ4v) is 4.77. The summed E-state index contributed by atoms with van der Waals surface area (Å²) in [5.74, 6) is -1.56. The van der Waals surface area contributed by atoms with Crippen molar-refractivity contribution in [2.75, 3.05) is 6.61 Å². The van der Waals surface area contributed by atoms with Crippen LogP contribution in [0.25, 0.3) is 22.3 Å². The van der Waals surface area contributed by atoms with Crippen LogP contribution in [0.5, 0.6) is 23.0 Å².